The lowest BCUT2D eigenvalue weighted by molar-refractivity contribution is -0.156. The summed E-state index contributed by atoms with van der Waals surface area (Å²) >= 11 is 6.71. The van der Waals surface area contributed by atoms with E-state index in [1.807, 2.05) is 19.2 Å². The number of carbonyl (C=O) groups is 2. The molecule has 0 radical (unpaired) electrons. The minimum absolute atomic E-state index is 0.183. The fraction of sp³-hybridized carbons (Fsp3) is 0.630. The van der Waals surface area contributed by atoms with Crippen molar-refractivity contribution in [3.8, 4) is 0 Å². The van der Waals surface area contributed by atoms with Gasteiger partial charge in [-0.2, -0.15) is 0 Å². The maximum absolute atomic E-state index is 13.4. The Kier molecular flexibility index (Phi) is 6.31. The highest BCUT2D eigenvalue weighted by Crippen LogP contribution is 2.64. The van der Waals surface area contributed by atoms with E-state index in [1.54, 1.807) is 12.0 Å². The topological polar surface area (TPSA) is 78.9 Å². The first-order valence-corrected chi connectivity index (χ1v) is 12.6. The van der Waals surface area contributed by atoms with E-state index in [9.17, 15) is 14.7 Å². The number of hydrogen-bond donors (Lipinski definition) is 2. The number of carbonyl (C=O) groups excluding carboxylic acids is 1. The van der Waals surface area contributed by atoms with Crippen molar-refractivity contribution < 1.29 is 19.4 Å². The minimum atomic E-state index is -0.743. The van der Waals surface area contributed by atoms with Gasteiger partial charge in [-0.1, -0.05) is 44.5 Å². The van der Waals surface area contributed by atoms with Crippen LogP contribution in [0.1, 0.15) is 77.3 Å². The number of ether oxygens (including phenoxy) is 1. The molecule has 1 heterocycles. The molecule has 2 amide bonds. The average molecular weight is 489 g/mol. The van der Waals surface area contributed by atoms with Gasteiger partial charge in [0.05, 0.1) is 23.1 Å². The van der Waals surface area contributed by atoms with Crippen molar-refractivity contribution in [1.82, 2.24) is 10.2 Å². The van der Waals surface area contributed by atoms with Crippen LogP contribution < -0.4 is 5.32 Å². The van der Waals surface area contributed by atoms with Crippen LogP contribution in [0.5, 0.6) is 0 Å². The van der Waals surface area contributed by atoms with Crippen LogP contribution in [0.2, 0.25) is 5.02 Å². The zero-order chi connectivity index (χ0) is 24.9. The number of aliphatic carboxylic acids is 1. The van der Waals surface area contributed by atoms with E-state index in [-0.39, 0.29) is 11.4 Å². The molecule has 5 rings (SSSR count). The summed E-state index contributed by atoms with van der Waals surface area (Å²) in [6.07, 6.45) is 6.91. The highest BCUT2D eigenvalue weighted by Gasteiger charge is 2.68. The standard InChI is InChI=1S/C27H37ClN2O4/c1-24(2,3)10-8-18-6-7-19(14-21(18)28)25(4)20(9-13-34-5)15-30(23(33)29-25)27-12-11-26(16-27,17-27)22(31)32/h6-7,14-15H,8-13,16-17H2,1-5H3,(H,29,33)(H,31,32)/t25-,26?,27?/m0/s1. The summed E-state index contributed by atoms with van der Waals surface area (Å²) in [6, 6.07) is 5.93. The summed E-state index contributed by atoms with van der Waals surface area (Å²) in [5, 5.41) is 13.6. The number of urea groups is 1. The molecule has 3 aliphatic carbocycles. The number of aryl methyl sites for hydroxylation is 1. The third kappa shape index (κ3) is 4.24. The van der Waals surface area contributed by atoms with Crippen molar-refractivity contribution in [3.05, 3.63) is 46.1 Å². The molecule has 3 saturated carbocycles. The van der Waals surface area contributed by atoms with E-state index in [4.69, 9.17) is 16.3 Å². The lowest BCUT2D eigenvalue weighted by Crippen LogP contribution is -2.64. The van der Waals surface area contributed by atoms with Gasteiger partial charge < -0.3 is 15.2 Å². The monoisotopic (exact) mass is 488 g/mol. The van der Waals surface area contributed by atoms with Gasteiger partial charge in [-0.05, 0) is 80.1 Å². The quantitative estimate of drug-likeness (QED) is 0.479. The van der Waals surface area contributed by atoms with Gasteiger partial charge in [0.2, 0.25) is 0 Å². The lowest BCUT2D eigenvalue weighted by atomic mass is 9.64. The Bertz CT molecular complexity index is 1020. The molecule has 2 N–H and O–H groups in total. The van der Waals surface area contributed by atoms with Crippen LogP contribution in [0.3, 0.4) is 0 Å². The van der Waals surface area contributed by atoms with E-state index in [0.29, 0.717) is 43.7 Å². The second kappa shape index (κ2) is 8.56. The predicted molar refractivity (Wildman–Crippen MR) is 133 cm³/mol. The number of nitrogens with zero attached hydrogens (tertiary/aromatic N) is 1. The molecule has 6 nitrogen and oxygen atoms in total. The first kappa shape index (κ1) is 25.1. The van der Waals surface area contributed by atoms with Crippen LogP contribution in [-0.4, -0.2) is 41.3 Å². The predicted octanol–water partition coefficient (Wildman–Crippen LogP) is 5.88. The molecule has 0 aromatic heterocycles. The highest BCUT2D eigenvalue weighted by atomic mass is 35.5. The first-order valence-electron chi connectivity index (χ1n) is 12.2. The van der Waals surface area contributed by atoms with Crippen molar-refractivity contribution in [2.75, 3.05) is 13.7 Å². The molecule has 1 aromatic carbocycles. The van der Waals surface area contributed by atoms with Crippen LogP contribution in [0.15, 0.2) is 30.0 Å². The summed E-state index contributed by atoms with van der Waals surface area (Å²) in [7, 11) is 1.67. The third-order valence-corrected chi connectivity index (χ3v) is 8.57. The Balaban J connectivity index is 1.64. The number of rotatable bonds is 8. The van der Waals surface area contributed by atoms with E-state index >= 15 is 0 Å². The normalized spacial score (nSPS) is 30.6. The molecule has 3 fully saturated rings. The summed E-state index contributed by atoms with van der Waals surface area (Å²) < 4.78 is 5.37. The van der Waals surface area contributed by atoms with Gasteiger partial charge in [-0.25, -0.2) is 4.79 Å². The molecule has 1 atom stereocenters. The summed E-state index contributed by atoms with van der Waals surface area (Å²) in [5.74, 6) is -0.743. The number of hydrogen-bond acceptors (Lipinski definition) is 3. The Morgan fingerprint density at radius 1 is 1.24 bits per heavy atom. The van der Waals surface area contributed by atoms with Gasteiger partial charge in [0.25, 0.3) is 0 Å². The number of halogens is 1. The molecule has 0 spiro atoms. The van der Waals surface area contributed by atoms with Crippen molar-refractivity contribution in [1.29, 1.82) is 0 Å². The number of methoxy groups -OCH3 is 1. The number of carboxylic acids is 1. The number of amides is 2. The number of benzene rings is 1. The molecular weight excluding hydrogens is 452 g/mol. The molecule has 2 bridgehead atoms. The van der Waals surface area contributed by atoms with Crippen LogP contribution in [-0.2, 0) is 21.5 Å². The smallest absolute Gasteiger partial charge is 0.322 e. The van der Waals surface area contributed by atoms with Crippen molar-refractivity contribution in [2.45, 2.75) is 83.7 Å². The SMILES string of the molecule is COCCC1=CN(C23CCC(C(=O)O)(C2)C3)C(=O)N[C@@]1(C)c1ccc(CCC(C)(C)C)c(Cl)c1. The molecule has 1 aliphatic heterocycles. The Morgan fingerprint density at radius 2 is 1.94 bits per heavy atom. The molecule has 186 valence electrons. The van der Waals surface area contributed by atoms with Gasteiger partial charge in [-0.15, -0.1) is 0 Å². The summed E-state index contributed by atoms with van der Waals surface area (Å²) in [4.78, 5) is 26.9. The molecule has 4 aliphatic rings. The maximum atomic E-state index is 13.4. The lowest BCUT2D eigenvalue weighted by Gasteiger charge is -2.53. The van der Waals surface area contributed by atoms with Gasteiger partial charge in [0, 0.05) is 18.3 Å². The second-order valence-electron chi connectivity index (χ2n) is 11.9. The zero-order valence-electron chi connectivity index (χ0n) is 21.0. The summed E-state index contributed by atoms with van der Waals surface area (Å²) in [5.41, 5.74) is 1.51. The van der Waals surface area contributed by atoms with Crippen LogP contribution in [0.25, 0.3) is 0 Å². The van der Waals surface area contributed by atoms with E-state index in [2.05, 4.69) is 38.2 Å². The van der Waals surface area contributed by atoms with Gasteiger partial charge in [-0.3, -0.25) is 9.69 Å². The first-order chi connectivity index (χ1) is 15.8. The molecule has 0 saturated heterocycles. The van der Waals surface area contributed by atoms with Crippen molar-refractivity contribution in [2.24, 2.45) is 10.8 Å². The molecular formula is C27H37ClN2O4. The molecule has 1 aromatic rings. The Morgan fingerprint density at radius 3 is 2.50 bits per heavy atom. The minimum Gasteiger partial charge on any atom is -0.481 e. The van der Waals surface area contributed by atoms with Crippen molar-refractivity contribution >= 4 is 23.6 Å². The number of nitrogens with one attached hydrogen (secondary N) is 1. The zero-order valence-corrected chi connectivity index (χ0v) is 21.7. The maximum Gasteiger partial charge on any atom is 0.322 e. The van der Waals surface area contributed by atoms with Crippen molar-refractivity contribution in [3.63, 3.8) is 0 Å². The molecule has 7 heteroatoms. The molecule has 34 heavy (non-hydrogen) atoms. The van der Waals surface area contributed by atoms with E-state index in [0.717, 1.165) is 29.5 Å². The average Bonchev–Trinajstić information content (AvgIpc) is 3.30. The largest absolute Gasteiger partial charge is 0.481 e. The van der Waals surface area contributed by atoms with Crippen LogP contribution in [0, 0.1) is 10.8 Å². The fourth-order valence-corrected chi connectivity index (χ4v) is 6.26. The number of carboxylic acid groups (broad SMARTS) is 1. The second-order valence-corrected chi connectivity index (χ2v) is 12.3. The van der Waals surface area contributed by atoms with Gasteiger partial charge in [0.1, 0.15) is 0 Å². The molecule has 0 unspecified atom stereocenters. The van der Waals surface area contributed by atoms with Gasteiger partial charge >= 0.3 is 12.0 Å². The fourth-order valence-electron chi connectivity index (χ4n) is 5.99. The van der Waals surface area contributed by atoms with Gasteiger partial charge in [0.15, 0.2) is 0 Å². The van der Waals surface area contributed by atoms with Crippen LogP contribution >= 0.6 is 11.6 Å². The Labute approximate surface area is 207 Å². The van der Waals surface area contributed by atoms with E-state index < -0.39 is 22.5 Å². The third-order valence-electron chi connectivity index (χ3n) is 8.22. The Hall–Kier alpha value is -2.05. The van der Waals surface area contributed by atoms with E-state index in [1.165, 1.54) is 0 Å². The highest BCUT2D eigenvalue weighted by molar-refractivity contribution is 6.31. The number of fused-ring (bicyclic) bond motifs is 1. The summed E-state index contributed by atoms with van der Waals surface area (Å²) in [6.45, 7) is 9.20. The van der Waals surface area contributed by atoms with Crippen LogP contribution in [0.4, 0.5) is 4.79 Å².